The average Bonchev–Trinajstić information content (AvgIpc) is 3.46. The van der Waals surface area contributed by atoms with Gasteiger partial charge in [0.2, 0.25) is 5.91 Å². The number of hydrogen-bond donors (Lipinski definition) is 3. The van der Waals surface area contributed by atoms with Gasteiger partial charge >= 0.3 is 12.1 Å². The Hall–Kier alpha value is -3.35. The molecule has 0 aliphatic heterocycles. The van der Waals surface area contributed by atoms with Crippen molar-refractivity contribution in [3.05, 3.63) is 59.7 Å². The molecule has 2 amide bonds. The summed E-state index contributed by atoms with van der Waals surface area (Å²) in [5.41, 5.74) is 3.33. The third kappa shape index (κ3) is 5.66. The number of carboxylic acid groups (broad SMARTS) is 1. The number of hydrogen-bond acceptors (Lipinski definition) is 4. The molecule has 1 unspecified atom stereocenters. The molecule has 1 saturated carbocycles. The zero-order valence-electron chi connectivity index (χ0n) is 20.4. The summed E-state index contributed by atoms with van der Waals surface area (Å²) < 4.78 is 5.58. The number of nitrogens with one attached hydrogen (secondary N) is 2. The van der Waals surface area contributed by atoms with Crippen molar-refractivity contribution in [2.24, 2.45) is 11.8 Å². The first-order valence-electron chi connectivity index (χ1n) is 12.4. The second-order valence-electron chi connectivity index (χ2n) is 10.2. The minimum Gasteiger partial charge on any atom is -0.481 e. The van der Waals surface area contributed by atoms with Crippen LogP contribution in [0.2, 0.25) is 0 Å². The van der Waals surface area contributed by atoms with Crippen LogP contribution in [-0.4, -0.2) is 41.8 Å². The number of carboxylic acids is 1. The number of rotatable bonds is 9. The number of ether oxygens (including phenoxy) is 1. The van der Waals surface area contributed by atoms with Crippen LogP contribution in [0.25, 0.3) is 11.1 Å². The first-order valence-corrected chi connectivity index (χ1v) is 12.4. The zero-order chi connectivity index (χ0) is 25.0. The predicted molar refractivity (Wildman–Crippen MR) is 133 cm³/mol. The molecule has 0 bridgehead atoms. The molecule has 186 valence electrons. The van der Waals surface area contributed by atoms with Gasteiger partial charge < -0.3 is 20.5 Å². The van der Waals surface area contributed by atoms with Gasteiger partial charge in [-0.3, -0.25) is 9.59 Å². The van der Waals surface area contributed by atoms with E-state index < -0.39 is 17.6 Å². The van der Waals surface area contributed by atoms with Gasteiger partial charge in [-0.25, -0.2) is 4.79 Å². The molecule has 4 rings (SSSR count). The van der Waals surface area contributed by atoms with Gasteiger partial charge in [0.05, 0.1) is 6.42 Å². The first kappa shape index (κ1) is 24.8. The molecule has 3 N–H and O–H groups in total. The molecule has 7 heteroatoms. The molecule has 35 heavy (non-hydrogen) atoms. The van der Waals surface area contributed by atoms with Crippen LogP contribution < -0.4 is 10.6 Å². The Morgan fingerprint density at radius 3 is 2.14 bits per heavy atom. The molecule has 2 aliphatic carbocycles. The number of alkyl carbamates (subject to hydrolysis) is 1. The van der Waals surface area contributed by atoms with Crippen molar-refractivity contribution in [1.29, 1.82) is 0 Å². The van der Waals surface area contributed by atoms with Crippen molar-refractivity contribution in [2.75, 3.05) is 13.2 Å². The fourth-order valence-electron chi connectivity index (χ4n) is 5.45. The van der Waals surface area contributed by atoms with E-state index in [2.05, 4.69) is 34.9 Å². The van der Waals surface area contributed by atoms with Gasteiger partial charge in [-0.15, -0.1) is 0 Å². The highest BCUT2D eigenvalue weighted by Crippen LogP contribution is 2.44. The molecule has 0 heterocycles. The van der Waals surface area contributed by atoms with Crippen LogP contribution in [0.4, 0.5) is 4.79 Å². The summed E-state index contributed by atoms with van der Waals surface area (Å²) >= 11 is 0. The second kappa shape index (κ2) is 10.5. The Labute approximate surface area is 206 Å². The summed E-state index contributed by atoms with van der Waals surface area (Å²) in [5.74, 6) is -1.08. The summed E-state index contributed by atoms with van der Waals surface area (Å²) in [6.07, 6.45) is 3.56. The van der Waals surface area contributed by atoms with E-state index in [1.807, 2.05) is 24.3 Å². The first-order chi connectivity index (χ1) is 16.8. The van der Waals surface area contributed by atoms with Gasteiger partial charge in [-0.1, -0.05) is 74.2 Å². The van der Waals surface area contributed by atoms with Crippen molar-refractivity contribution >= 4 is 18.0 Å². The molecule has 2 aliphatic rings. The Kier molecular flexibility index (Phi) is 7.43. The van der Waals surface area contributed by atoms with Gasteiger partial charge in [0, 0.05) is 12.5 Å². The maximum absolute atomic E-state index is 12.9. The van der Waals surface area contributed by atoms with Crippen LogP contribution in [0.15, 0.2) is 48.5 Å². The van der Waals surface area contributed by atoms with E-state index in [0.29, 0.717) is 5.92 Å². The maximum atomic E-state index is 12.9. The fourth-order valence-corrected chi connectivity index (χ4v) is 5.45. The molecule has 1 atom stereocenters. The van der Waals surface area contributed by atoms with Crippen molar-refractivity contribution in [2.45, 2.75) is 57.4 Å². The van der Waals surface area contributed by atoms with E-state index in [0.717, 1.165) is 47.9 Å². The highest BCUT2D eigenvalue weighted by molar-refractivity contribution is 5.89. The van der Waals surface area contributed by atoms with E-state index in [-0.39, 0.29) is 37.3 Å². The minimum absolute atomic E-state index is 0.0329. The van der Waals surface area contributed by atoms with E-state index in [9.17, 15) is 19.5 Å². The Bertz CT molecular complexity index is 1040. The van der Waals surface area contributed by atoms with Gasteiger partial charge in [0.15, 0.2) is 0 Å². The molecule has 0 radical (unpaired) electrons. The number of fused-ring (bicyclic) bond motifs is 3. The van der Waals surface area contributed by atoms with E-state index in [1.165, 1.54) is 0 Å². The van der Waals surface area contributed by atoms with Crippen LogP contribution in [-0.2, 0) is 14.3 Å². The molecule has 2 aromatic rings. The van der Waals surface area contributed by atoms with Crippen LogP contribution >= 0.6 is 0 Å². The Morgan fingerprint density at radius 1 is 1.00 bits per heavy atom. The maximum Gasteiger partial charge on any atom is 0.408 e. The fraction of sp³-hybridized carbons (Fsp3) is 0.464. The number of carbonyl (C=O) groups excluding carboxylic acids is 2. The summed E-state index contributed by atoms with van der Waals surface area (Å²) in [4.78, 5) is 36.8. The molecule has 0 aromatic heterocycles. The summed E-state index contributed by atoms with van der Waals surface area (Å²) in [5, 5.41) is 14.8. The molecule has 7 nitrogen and oxygen atoms in total. The summed E-state index contributed by atoms with van der Waals surface area (Å²) in [7, 11) is 0. The van der Waals surface area contributed by atoms with Crippen molar-refractivity contribution in [3.8, 4) is 11.1 Å². The topological polar surface area (TPSA) is 105 Å². The third-order valence-corrected chi connectivity index (χ3v) is 7.35. The third-order valence-electron chi connectivity index (χ3n) is 7.35. The lowest BCUT2D eigenvalue weighted by Crippen LogP contribution is -2.55. The van der Waals surface area contributed by atoms with Crippen molar-refractivity contribution in [1.82, 2.24) is 10.6 Å². The lowest BCUT2D eigenvalue weighted by Gasteiger charge is -2.28. The summed E-state index contributed by atoms with van der Waals surface area (Å²) in [6, 6.07) is 16.2. The average molecular weight is 479 g/mol. The number of amides is 2. The number of benzene rings is 2. The molecule has 2 aromatic carbocycles. The van der Waals surface area contributed by atoms with Gasteiger partial charge in [-0.2, -0.15) is 0 Å². The molecule has 0 saturated heterocycles. The van der Waals surface area contributed by atoms with Gasteiger partial charge in [0.1, 0.15) is 12.1 Å². The SMILES string of the molecule is CC(C)(NC(=O)OCC1c2ccccc2-c2ccccc21)C(=O)NCC(CC(=O)O)C1CCCC1. The summed E-state index contributed by atoms with van der Waals surface area (Å²) in [6.45, 7) is 3.68. The van der Waals surface area contributed by atoms with Crippen molar-refractivity contribution in [3.63, 3.8) is 0 Å². The van der Waals surface area contributed by atoms with E-state index >= 15 is 0 Å². The van der Waals surface area contributed by atoms with Gasteiger partial charge in [-0.05, 0) is 47.9 Å². The lowest BCUT2D eigenvalue weighted by molar-refractivity contribution is -0.139. The minimum atomic E-state index is -1.20. The van der Waals surface area contributed by atoms with E-state index in [1.54, 1.807) is 13.8 Å². The standard InChI is InChI=1S/C28H34N2O5/c1-28(2,26(33)29-16-19(15-25(31)32)18-9-3-4-10-18)30-27(34)35-17-24-22-13-7-5-11-20(22)21-12-6-8-14-23(21)24/h5-8,11-14,18-19,24H,3-4,9-10,15-17H2,1-2H3,(H,29,33)(H,30,34)(H,31,32). The quantitative estimate of drug-likeness (QED) is 0.485. The van der Waals surface area contributed by atoms with Gasteiger partial charge in [0.25, 0.3) is 0 Å². The predicted octanol–water partition coefficient (Wildman–Crippen LogP) is 4.70. The second-order valence-corrected chi connectivity index (χ2v) is 10.2. The van der Waals surface area contributed by atoms with Crippen molar-refractivity contribution < 1.29 is 24.2 Å². The lowest BCUT2D eigenvalue weighted by atomic mass is 9.88. The van der Waals surface area contributed by atoms with Crippen LogP contribution in [0.1, 0.15) is 63.0 Å². The zero-order valence-corrected chi connectivity index (χ0v) is 20.4. The highest BCUT2D eigenvalue weighted by atomic mass is 16.5. The van der Waals surface area contributed by atoms with Crippen LogP contribution in [0.5, 0.6) is 0 Å². The highest BCUT2D eigenvalue weighted by Gasteiger charge is 2.34. The number of aliphatic carboxylic acids is 1. The monoisotopic (exact) mass is 478 g/mol. The molecule has 0 spiro atoms. The number of carbonyl (C=O) groups is 3. The Morgan fingerprint density at radius 2 is 1.57 bits per heavy atom. The smallest absolute Gasteiger partial charge is 0.408 e. The Balaban J connectivity index is 1.33. The molecule has 1 fully saturated rings. The van der Waals surface area contributed by atoms with Crippen LogP contribution in [0, 0.1) is 11.8 Å². The largest absolute Gasteiger partial charge is 0.481 e. The normalized spacial score (nSPS) is 16.3. The van der Waals surface area contributed by atoms with E-state index in [4.69, 9.17) is 4.74 Å². The molecular weight excluding hydrogens is 444 g/mol. The van der Waals surface area contributed by atoms with Crippen LogP contribution in [0.3, 0.4) is 0 Å². The molecular formula is C28H34N2O5.